The second-order valence-corrected chi connectivity index (χ2v) is 7.38. The van der Waals surface area contributed by atoms with Gasteiger partial charge in [0, 0.05) is 10.9 Å². The third-order valence-electron chi connectivity index (χ3n) is 3.87. The molecule has 25 heavy (non-hydrogen) atoms. The second-order valence-electron chi connectivity index (χ2n) is 5.46. The molecule has 4 rings (SSSR count). The van der Waals surface area contributed by atoms with Crippen LogP contribution >= 0.6 is 22.7 Å². The van der Waals surface area contributed by atoms with Gasteiger partial charge in [0.25, 0.3) is 5.91 Å². The Hall–Kier alpha value is -2.71. The van der Waals surface area contributed by atoms with Crippen molar-refractivity contribution in [2.45, 2.75) is 13.0 Å². The summed E-state index contributed by atoms with van der Waals surface area (Å²) in [6.07, 6.45) is 0. The molecule has 1 amide bonds. The number of hydrogen-bond donors (Lipinski definition) is 1. The van der Waals surface area contributed by atoms with E-state index in [1.54, 1.807) is 30.5 Å². The van der Waals surface area contributed by atoms with E-state index in [4.69, 9.17) is 4.52 Å². The molecule has 0 radical (unpaired) electrons. The number of nitrogens with zero attached hydrogens (tertiary/aromatic N) is 2. The first-order valence-corrected chi connectivity index (χ1v) is 9.15. The maximum atomic E-state index is 12.9. The largest absolute Gasteiger partial charge is 0.503 e. The van der Waals surface area contributed by atoms with Crippen LogP contribution in [0.4, 0.5) is 5.82 Å². The van der Waals surface area contributed by atoms with Gasteiger partial charge in [-0.3, -0.25) is 14.5 Å². The number of ketones is 1. The van der Waals surface area contributed by atoms with E-state index in [9.17, 15) is 14.7 Å². The zero-order chi connectivity index (χ0) is 17.6. The van der Waals surface area contributed by atoms with Crippen molar-refractivity contribution in [1.82, 2.24) is 5.16 Å². The van der Waals surface area contributed by atoms with E-state index in [1.807, 2.05) is 17.5 Å². The molecule has 0 aliphatic carbocycles. The van der Waals surface area contributed by atoms with Gasteiger partial charge in [0.1, 0.15) is 11.8 Å². The predicted octanol–water partition coefficient (Wildman–Crippen LogP) is 3.89. The molecule has 1 N–H and O–H groups in total. The number of thiophene rings is 2. The molecule has 3 aromatic rings. The first kappa shape index (κ1) is 15.8. The number of aromatic nitrogens is 1. The molecule has 0 aromatic carbocycles. The predicted molar refractivity (Wildman–Crippen MR) is 94.1 cm³/mol. The Labute approximate surface area is 150 Å². The van der Waals surface area contributed by atoms with E-state index in [-0.39, 0.29) is 17.2 Å². The SMILES string of the molecule is Cc1cc(N2C(=O)C(O)=C(C(=O)c3cccs3)[C@H]2c2cccs2)no1. The van der Waals surface area contributed by atoms with Crippen LogP contribution in [0.1, 0.15) is 26.4 Å². The van der Waals surface area contributed by atoms with Gasteiger partial charge in [-0.05, 0) is 29.8 Å². The topological polar surface area (TPSA) is 83.6 Å². The van der Waals surface area contributed by atoms with Gasteiger partial charge < -0.3 is 9.63 Å². The van der Waals surface area contributed by atoms with Crippen molar-refractivity contribution < 1.29 is 19.2 Å². The lowest BCUT2D eigenvalue weighted by Crippen LogP contribution is -2.30. The Morgan fingerprint density at radius 2 is 2.04 bits per heavy atom. The molecule has 1 aliphatic rings. The van der Waals surface area contributed by atoms with E-state index in [0.717, 1.165) is 4.88 Å². The van der Waals surface area contributed by atoms with Crippen LogP contribution in [0.15, 0.2) is 56.9 Å². The zero-order valence-electron chi connectivity index (χ0n) is 13.0. The number of anilines is 1. The molecule has 0 unspecified atom stereocenters. The fraction of sp³-hybridized carbons (Fsp3) is 0.118. The van der Waals surface area contributed by atoms with Crippen molar-refractivity contribution in [3.05, 3.63) is 67.9 Å². The summed E-state index contributed by atoms with van der Waals surface area (Å²) in [5.74, 6) is -0.766. The van der Waals surface area contributed by atoms with Gasteiger partial charge in [-0.1, -0.05) is 17.3 Å². The van der Waals surface area contributed by atoms with Gasteiger partial charge in [-0.15, -0.1) is 22.7 Å². The molecule has 0 saturated carbocycles. The molecule has 0 saturated heterocycles. The number of carbonyl (C=O) groups is 2. The van der Waals surface area contributed by atoms with Crippen LogP contribution in [0, 0.1) is 6.92 Å². The van der Waals surface area contributed by atoms with Crippen molar-refractivity contribution >= 4 is 40.2 Å². The van der Waals surface area contributed by atoms with Crippen molar-refractivity contribution in [2.75, 3.05) is 4.90 Å². The van der Waals surface area contributed by atoms with E-state index in [0.29, 0.717) is 10.6 Å². The fourth-order valence-corrected chi connectivity index (χ4v) is 4.30. The van der Waals surface area contributed by atoms with Crippen molar-refractivity contribution in [2.24, 2.45) is 0 Å². The fourth-order valence-electron chi connectivity index (χ4n) is 2.80. The summed E-state index contributed by atoms with van der Waals surface area (Å²) in [6, 6.07) is 7.95. The summed E-state index contributed by atoms with van der Waals surface area (Å²) < 4.78 is 5.07. The first-order chi connectivity index (χ1) is 12.1. The van der Waals surface area contributed by atoms with E-state index in [1.165, 1.54) is 27.6 Å². The molecular formula is C17H12N2O4S2. The van der Waals surface area contributed by atoms with E-state index < -0.39 is 17.7 Å². The molecule has 126 valence electrons. The lowest BCUT2D eigenvalue weighted by Gasteiger charge is -2.22. The highest BCUT2D eigenvalue weighted by Gasteiger charge is 2.46. The molecule has 0 fully saturated rings. The minimum absolute atomic E-state index is 0.0653. The monoisotopic (exact) mass is 372 g/mol. The van der Waals surface area contributed by atoms with Crippen LogP contribution in [0.3, 0.4) is 0 Å². The van der Waals surface area contributed by atoms with Crippen LogP contribution in [-0.4, -0.2) is 22.0 Å². The summed E-state index contributed by atoms with van der Waals surface area (Å²) in [5, 5.41) is 18.0. The smallest absolute Gasteiger partial charge is 0.295 e. The second kappa shape index (κ2) is 5.98. The van der Waals surface area contributed by atoms with Gasteiger partial charge in [0.15, 0.2) is 11.6 Å². The third kappa shape index (κ3) is 2.50. The maximum Gasteiger partial charge on any atom is 0.295 e. The highest BCUT2D eigenvalue weighted by molar-refractivity contribution is 7.12. The number of rotatable bonds is 4. The third-order valence-corrected chi connectivity index (χ3v) is 5.67. The molecule has 0 bridgehead atoms. The van der Waals surface area contributed by atoms with Crippen molar-refractivity contribution in [3.8, 4) is 0 Å². The van der Waals surface area contributed by atoms with E-state index >= 15 is 0 Å². The Morgan fingerprint density at radius 3 is 2.64 bits per heavy atom. The molecule has 1 aliphatic heterocycles. The number of aryl methyl sites for hydroxylation is 1. The lowest BCUT2D eigenvalue weighted by atomic mass is 10.0. The molecular weight excluding hydrogens is 360 g/mol. The first-order valence-electron chi connectivity index (χ1n) is 7.39. The summed E-state index contributed by atoms with van der Waals surface area (Å²) in [4.78, 5) is 28.2. The number of Topliss-reactive ketones (excluding diaryl/α,β-unsaturated/α-hetero) is 1. The Kier molecular flexibility index (Phi) is 3.78. The number of amides is 1. The van der Waals surface area contributed by atoms with Crippen LogP contribution in [0.25, 0.3) is 0 Å². The van der Waals surface area contributed by atoms with Crippen molar-refractivity contribution in [3.63, 3.8) is 0 Å². The van der Waals surface area contributed by atoms with Crippen LogP contribution in [0.5, 0.6) is 0 Å². The number of hydrogen-bond acceptors (Lipinski definition) is 7. The molecule has 3 aromatic heterocycles. The van der Waals surface area contributed by atoms with Crippen LogP contribution < -0.4 is 4.90 Å². The van der Waals surface area contributed by atoms with E-state index in [2.05, 4.69) is 5.16 Å². The Morgan fingerprint density at radius 1 is 1.28 bits per heavy atom. The highest BCUT2D eigenvalue weighted by Crippen LogP contribution is 2.43. The van der Waals surface area contributed by atoms with Gasteiger partial charge in [-0.25, -0.2) is 0 Å². The van der Waals surface area contributed by atoms with Crippen LogP contribution in [0.2, 0.25) is 0 Å². The van der Waals surface area contributed by atoms with Crippen molar-refractivity contribution in [1.29, 1.82) is 0 Å². The minimum Gasteiger partial charge on any atom is -0.503 e. The Balaban J connectivity index is 1.86. The maximum absolute atomic E-state index is 12.9. The zero-order valence-corrected chi connectivity index (χ0v) is 14.6. The number of aliphatic hydroxyl groups excluding tert-OH is 1. The van der Waals surface area contributed by atoms with Crippen LogP contribution in [-0.2, 0) is 4.79 Å². The molecule has 0 spiro atoms. The van der Waals surface area contributed by atoms with Gasteiger partial charge in [-0.2, -0.15) is 0 Å². The minimum atomic E-state index is -0.730. The van der Waals surface area contributed by atoms with Gasteiger partial charge >= 0.3 is 0 Å². The summed E-state index contributed by atoms with van der Waals surface area (Å²) >= 11 is 2.67. The summed E-state index contributed by atoms with van der Waals surface area (Å²) in [6.45, 7) is 1.71. The standard InChI is InChI=1S/C17H12N2O4S2/c1-9-8-12(18-23-9)19-14(10-4-2-6-24-10)13(16(21)17(19)22)15(20)11-5-3-7-25-11/h2-8,14,21H,1H3/t14-/m1/s1. The lowest BCUT2D eigenvalue weighted by molar-refractivity contribution is -0.117. The normalized spacial score (nSPS) is 17.6. The molecule has 4 heterocycles. The molecule has 8 heteroatoms. The number of carbonyl (C=O) groups excluding carboxylic acids is 2. The average molecular weight is 372 g/mol. The Bertz CT molecular complexity index is 970. The molecule has 1 atom stereocenters. The number of aliphatic hydroxyl groups is 1. The summed E-state index contributed by atoms with van der Waals surface area (Å²) in [7, 11) is 0. The quantitative estimate of drug-likeness (QED) is 0.703. The summed E-state index contributed by atoms with van der Waals surface area (Å²) in [5.41, 5.74) is 0.0653. The highest BCUT2D eigenvalue weighted by atomic mass is 32.1. The molecule has 6 nitrogen and oxygen atoms in total. The van der Waals surface area contributed by atoms with Gasteiger partial charge in [0.05, 0.1) is 10.5 Å². The van der Waals surface area contributed by atoms with Gasteiger partial charge in [0.2, 0.25) is 5.78 Å². The average Bonchev–Trinajstić information content (AvgIpc) is 3.36.